The molecular formula is C36H39N3O5S. The molecule has 0 radical (unpaired) electrons. The molecule has 8 nitrogen and oxygen atoms in total. The molecule has 1 fully saturated rings. The van der Waals surface area contributed by atoms with E-state index in [9.17, 15) is 14.7 Å². The normalized spacial score (nSPS) is 17.8. The van der Waals surface area contributed by atoms with Crippen LogP contribution in [0.25, 0.3) is 11.1 Å². The molecule has 1 aliphatic heterocycles. The fourth-order valence-corrected chi connectivity index (χ4v) is 6.07. The predicted octanol–water partition coefficient (Wildman–Crippen LogP) is 6.96. The number of amides is 3. The number of nitrogens with one attached hydrogen (secondary N) is 3. The van der Waals surface area contributed by atoms with E-state index >= 15 is 0 Å². The van der Waals surface area contributed by atoms with Gasteiger partial charge < -0.3 is 30.5 Å². The number of aliphatic hydroxyl groups is 1. The highest BCUT2D eigenvalue weighted by Crippen LogP contribution is 2.40. The van der Waals surface area contributed by atoms with E-state index in [1.807, 2.05) is 79.7 Å². The molecule has 4 N–H and O–H groups in total. The molecule has 0 bridgehead atoms. The van der Waals surface area contributed by atoms with E-state index < -0.39 is 6.29 Å². The van der Waals surface area contributed by atoms with Crippen LogP contribution in [0.2, 0.25) is 0 Å². The van der Waals surface area contributed by atoms with Crippen LogP contribution in [0, 0.1) is 0 Å². The Morgan fingerprint density at radius 1 is 0.844 bits per heavy atom. The summed E-state index contributed by atoms with van der Waals surface area (Å²) >= 11 is 1.71. The Morgan fingerprint density at radius 2 is 1.58 bits per heavy atom. The number of hydrogen-bond donors (Lipinski definition) is 4. The Hall–Kier alpha value is -4.15. The molecule has 234 valence electrons. The van der Waals surface area contributed by atoms with Gasteiger partial charge in [0, 0.05) is 48.3 Å². The molecule has 1 heterocycles. The minimum absolute atomic E-state index is 0.00249. The van der Waals surface area contributed by atoms with E-state index in [0.29, 0.717) is 19.5 Å². The average molecular weight is 626 g/mol. The van der Waals surface area contributed by atoms with Crippen LogP contribution >= 0.6 is 11.8 Å². The number of benzene rings is 4. The fraction of sp³-hybridized carbons (Fsp3) is 0.278. The van der Waals surface area contributed by atoms with Crippen molar-refractivity contribution in [3.63, 3.8) is 0 Å². The maximum atomic E-state index is 11.8. The average Bonchev–Trinajstić information content (AvgIpc) is 3.07. The van der Waals surface area contributed by atoms with Gasteiger partial charge in [-0.15, -0.1) is 11.8 Å². The van der Waals surface area contributed by atoms with Crippen LogP contribution < -0.4 is 16.0 Å². The summed E-state index contributed by atoms with van der Waals surface area (Å²) < 4.78 is 13.0. The first-order valence-corrected chi connectivity index (χ1v) is 16.1. The highest BCUT2D eigenvalue weighted by Gasteiger charge is 2.32. The van der Waals surface area contributed by atoms with Crippen molar-refractivity contribution in [1.82, 2.24) is 10.6 Å². The Kier molecular flexibility index (Phi) is 11.3. The molecule has 45 heavy (non-hydrogen) atoms. The first-order valence-electron chi connectivity index (χ1n) is 15.1. The zero-order valence-corrected chi connectivity index (χ0v) is 26.3. The summed E-state index contributed by atoms with van der Waals surface area (Å²) in [5, 5.41) is 17.9. The van der Waals surface area contributed by atoms with E-state index in [0.717, 1.165) is 49.7 Å². The molecular weight excluding hydrogens is 586 g/mol. The lowest BCUT2D eigenvalue weighted by Gasteiger charge is -2.36. The first kappa shape index (κ1) is 32.2. The molecule has 5 rings (SSSR count). The van der Waals surface area contributed by atoms with E-state index in [1.165, 1.54) is 6.92 Å². The summed E-state index contributed by atoms with van der Waals surface area (Å²) in [6.07, 6.45) is -0.0880. The number of rotatable bonds is 11. The summed E-state index contributed by atoms with van der Waals surface area (Å²) in [5.41, 5.74) is 6.73. The monoisotopic (exact) mass is 625 g/mol. The lowest BCUT2D eigenvalue weighted by atomic mass is 9.99. The number of aliphatic hydroxyl groups excluding tert-OH is 1. The lowest BCUT2D eigenvalue weighted by Crippen LogP contribution is -2.34. The molecule has 0 unspecified atom stereocenters. The van der Waals surface area contributed by atoms with Gasteiger partial charge in [-0.2, -0.15) is 0 Å². The van der Waals surface area contributed by atoms with Crippen LogP contribution in [0.5, 0.6) is 0 Å². The van der Waals surface area contributed by atoms with Crippen molar-refractivity contribution in [3.8, 4) is 11.1 Å². The second kappa shape index (κ2) is 15.7. The zero-order chi connectivity index (χ0) is 31.6. The molecule has 9 heteroatoms. The quantitative estimate of drug-likeness (QED) is 0.134. The van der Waals surface area contributed by atoms with Gasteiger partial charge in [-0.3, -0.25) is 4.79 Å². The van der Waals surface area contributed by atoms with Gasteiger partial charge in [0.05, 0.1) is 18.8 Å². The van der Waals surface area contributed by atoms with Gasteiger partial charge in [-0.05, 0) is 65.1 Å². The van der Waals surface area contributed by atoms with Crippen molar-refractivity contribution in [3.05, 3.63) is 119 Å². The van der Waals surface area contributed by atoms with Crippen LogP contribution in [0.1, 0.15) is 54.9 Å². The van der Waals surface area contributed by atoms with Crippen molar-refractivity contribution < 1.29 is 24.2 Å². The topological polar surface area (TPSA) is 109 Å². The maximum absolute atomic E-state index is 11.8. The van der Waals surface area contributed by atoms with Gasteiger partial charge in [0.1, 0.15) is 0 Å². The number of ether oxygens (including phenoxy) is 2. The van der Waals surface area contributed by atoms with Crippen LogP contribution in [-0.2, 0) is 27.4 Å². The minimum atomic E-state index is -0.546. The summed E-state index contributed by atoms with van der Waals surface area (Å²) in [4.78, 5) is 24.3. The van der Waals surface area contributed by atoms with Crippen LogP contribution in [-0.4, -0.2) is 35.4 Å². The number of urea groups is 1. The Morgan fingerprint density at radius 3 is 2.27 bits per heavy atom. The third-order valence-electron chi connectivity index (χ3n) is 7.46. The number of thioether (sulfide) groups is 1. The van der Waals surface area contributed by atoms with E-state index in [-0.39, 0.29) is 30.8 Å². The molecule has 4 aromatic rings. The Labute approximate surface area is 268 Å². The van der Waals surface area contributed by atoms with Crippen molar-refractivity contribution in [2.24, 2.45) is 0 Å². The summed E-state index contributed by atoms with van der Waals surface area (Å²) in [5.74, 6) is 0.641. The number of carbonyl (C=O) groups is 2. The molecule has 1 aliphatic rings. The second-order valence-electron chi connectivity index (χ2n) is 10.9. The van der Waals surface area contributed by atoms with Crippen LogP contribution in [0.4, 0.5) is 10.5 Å². The van der Waals surface area contributed by atoms with Crippen molar-refractivity contribution in [2.45, 2.75) is 56.8 Å². The third kappa shape index (κ3) is 9.18. The number of carbonyl (C=O) groups excluding carboxylic acids is 2. The highest BCUT2D eigenvalue weighted by molar-refractivity contribution is 7.99. The largest absolute Gasteiger partial charge is 0.392 e. The zero-order valence-electron chi connectivity index (χ0n) is 25.5. The summed E-state index contributed by atoms with van der Waals surface area (Å²) in [7, 11) is 0. The summed E-state index contributed by atoms with van der Waals surface area (Å²) in [6.45, 7) is 4.41. The second-order valence-corrected chi connectivity index (χ2v) is 12.0. The fourth-order valence-electron chi connectivity index (χ4n) is 5.15. The molecule has 0 spiro atoms. The van der Waals surface area contributed by atoms with Crippen molar-refractivity contribution >= 4 is 29.4 Å². The van der Waals surface area contributed by atoms with Gasteiger partial charge >= 0.3 is 6.03 Å². The highest BCUT2D eigenvalue weighted by atomic mass is 32.2. The molecule has 0 aromatic heterocycles. The number of anilines is 1. The number of hydrogen-bond acceptors (Lipinski definition) is 6. The lowest BCUT2D eigenvalue weighted by molar-refractivity contribution is -0.245. The smallest absolute Gasteiger partial charge is 0.315 e. The van der Waals surface area contributed by atoms with Gasteiger partial charge in [0.15, 0.2) is 6.29 Å². The van der Waals surface area contributed by atoms with E-state index in [2.05, 4.69) is 40.2 Å². The van der Waals surface area contributed by atoms with Crippen molar-refractivity contribution in [1.29, 1.82) is 0 Å². The molecule has 1 saturated heterocycles. The standard InChI is InChI=1S/C36H39N3O5S/c1-3-37-36(42)38-21-26-5-4-6-30(19-26)27-11-13-29(14-12-27)35-43-32(20-34(44-35)28-9-7-25(22-40)8-10-28)23-45-33-17-15-31(16-18-33)39-24(2)41/h4-19,32,34-35,40H,3,20-23H2,1-2H3,(H,39,41)(H2,37,38,42)/t32-,34+,35+/m0/s1. The third-order valence-corrected chi connectivity index (χ3v) is 8.60. The minimum Gasteiger partial charge on any atom is -0.392 e. The Balaban J connectivity index is 1.29. The SMILES string of the molecule is CCNC(=O)NCc1cccc(-c2ccc([C@@H]3O[C@H](CSc4ccc(NC(C)=O)cc4)C[C@H](c4ccc(CO)cc4)O3)cc2)c1. The van der Waals surface area contributed by atoms with Gasteiger partial charge in [-0.1, -0.05) is 66.7 Å². The van der Waals surface area contributed by atoms with Crippen LogP contribution in [0.3, 0.4) is 0 Å². The molecule has 3 amide bonds. The molecule has 3 atom stereocenters. The maximum Gasteiger partial charge on any atom is 0.315 e. The van der Waals surface area contributed by atoms with E-state index in [1.54, 1.807) is 11.8 Å². The van der Waals surface area contributed by atoms with Crippen molar-refractivity contribution in [2.75, 3.05) is 17.6 Å². The summed E-state index contributed by atoms with van der Waals surface area (Å²) in [6, 6.07) is 31.9. The first-order chi connectivity index (χ1) is 21.9. The molecule has 4 aromatic carbocycles. The van der Waals surface area contributed by atoms with Crippen LogP contribution in [0.15, 0.2) is 102 Å². The Bertz CT molecular complexity index is 1560. The van der Waals surface area contributed by atoms with E-state index in [4.69, 9.17) is 9.47 Å². The predicted molar refractivity (Wildman–Crippen MR) is 178 cm³/mol. The molecule has 0 aliphatic carbocycles. The van der Waals surface area contributed by atoms with Gasteiger partial charge in [-0.25, -0.2) is 4.79 Å². The molecule has 0 saturated carbocycles. The van der Waals surface area contributed by atoms with Gasteiger partial charge in [0.2, 0.25) is 5.91 Å². The van der Waals surface area contributed by atoms with Gasteiger partial charge in [0.25, 0.3) is 0 Å².